The first-order valence-electron chi connectivity index (χ1n) is 10.6. The number of anilines is 3. The van der Waals surface area contributed by atoms with E-state index in [0.717, 1.165) is 6.42 Å². The molecule has 0 unspecified atom stereocenters. The molecular weight excluding hydrogens is 533 g/mol. The summed E-state index contributed by atoms with van der Waals surface area (Å²) < 4.78 is 26.0. The number of nitrogens with zero attached hydrogens (tertiary/aromatic N) is 1. The van der Waals surface area contributed by atoms with Gasteiger partial charge in [0.15, 0.2) is 0 Å². The van der Waals surface area contributed by atoms with Crippen molar-refractivity contribution in [1.82, 2.24) is 0 Å². The molecule has 0 aromatic heterocycles. The van der Waals surface area contributed by atoms with E-state index in [-0.39, 0.29) is 21.4 Å². The molecule has 2 N–H and O–H groups in total. The highest BCUT2D eigenvalue weighted by molar-refractivity contribution is 7.92. The standard InChI is InChI=1S/C24H20Cl3N3O4S/c25-16-5-3-4-15(12-16)23(31)29-22-13-17(6-9-20(22)26)28-24(32)19-8-7-18(14-21(19)27)30-10-1-2-11-35(30,33)34/h3-9,12-14H,1-2,10-11H2,(H,28,32)(H,29,31). The number of hydrogen-bond donors (Lipinski definition) is 2. The monoisotopic (exact) mass is 551 g/mol. The second-order valence-corrected chi connectivity index (χ2v) is 11.1. The summed E-state index contributed by atoms with van der Waals surface area (Å²) in [5.41, 5.74) is 1.62. The molecule has 1 fully saturated rings. The van der Waals surface area contributed by atoms with Crippen LogP contribution in [0.25, 0.3) is 0 Å². The first-order valence-corrected chi connectivity index (χ1v) is 13.4. The summed E-state index contributed by atoms with van der Waals surface area (Å²) in [5.74, 6) is -0.832. The zero-order chi connectivity index (χ0) is 25.2. The molecule has 35 heavy (non-hydrogen) atoms. The molecule has 1 aliphatic rings. The van der Waals surface area contributed by atoms with Crippen LogP contribution in [0.1, 0.15) is 33.6 Å². The van der Waals surface area contributed by atoms with Gasteiger partial charge < -0.3 is 10.6 Å². The van der Waals surface area contributed by atoms with Gasteiger partial charge in [-0.3, -0.25) is 13.9 Å². The van der Waals surface area contributed by atoms with Crippen molar-refractivity contribution in [1.29, 1.82) is 0 Å². The number of nitrogens with one attached hydrogen (secondary N) is 2. The zero-order valence-electron chi connectivity index (χ0n) is 18.2. The van der Waals surface area contributed by atoms with E-state index >= 15 is 0 Å². The minimum absolute atomic E-state index is 0.0829. The fourth-order valence-corrected chi connectivity index (χ4v) is 5.89. The normalized spacial score (nSPS) is 14.9. The van der Waals surface area contributed by atoms with Crippen LogP contribution in [0.2, 0.25) is 15.1 Å². The Morgan fingerprint density at radius 1 is 0.829 bits per heavy atom. The number of benzene rings is 3. The molecule has 0 bridgehead atoms. The quantitative estimate of drug-likeness (QED) is 0.401. The van der Waals surface area contributed by atoms with Gasteiger partial charge in [0.05, 0.1) is 32.7 Å². The minimum Gasteiger partial charge on any atom is -0.322 e. The Bertz CT molecular complexity index is 1410. The molecule has 0 spiro atoms. The maximum Gasteiger partial charge on any atom is 0.257 e. The summed E-state index contributed by atoms with van der Waals surface area (Å²) in [7, 11) is -3.40. The van der Waals surface area contributed by atoms with E-state index in [2.05, 4.69) is 10.6 Å². The van der Waals surface area contributed by atoms with Gasteiger partial charge in [-0.2, -0.15) is 0 Å². The third kappa shape index (κ3) is 5.90. The van der Waals surface area contributed by atoms with E-state index in [4.69, 9.17) is 34.8 Å². The molecule has 11 heteroatoms. The van der Waals surface area contributed by atoms with Crippen LogP contribution < -0.4 is 14.9 Å². The van der Waals surface area contributed by atoms with Gasteiger partial charge in [0.2, 0.25) is 10.0 Å². The fraction of sp³-hybridized carbons (Fsp3) is 0.167. The number of hydrogen-bond acceptors (Lipinski definition) is 4. The first-order chi connectivity index (χ1) is 16.6. The van der Waals surface area contributed by atoms with E-state index in [1.807, 2.05) is 0 Å². The zero-order valence-corrected chi connectivity index (χ0v) is 21.3. The van der Waals surface area contributed by atoms with Gasteiger partial charge in [-0.15, -0.1) is 0 Å². The molecule has 1 aliphatic heterocycles. The SMILES string of the molecule is O=C(Nc1cc(NC(=O)c2ccc(N3CCCCS3(=O)=O)cc2Cl)ccc1Cl)c1cccc(Cl)c1. The molecule has 1 heterocycles. The van der Waals surface area contributed by atoms with Gasteiger partial charge in [-0.25, -0.2) is 8.42 Å². The van der Waals surface area contributed by atoms with Crippen LogP contribution >= 0.6 is 34.8 Å². The molecule has 3 aromatic rings. The molecule has 2 amide bonds. The third-order valence-electron chi connectivity index (χ3n) is 5.39. The molecule has 0 atom stereocenters. The number of carbonyl (C=O) groups is 2. The maximum absolute atomic E-state index is 12.9. The van der Waals surface area contributed by atoms with Gasteiger partial charge in [-0.05, 0) is 67.4 Å². The Kier molecular flexibility index (Phi) is 7.56. The van der Waals surface area contributed by atoms with Crippen LogP contribution in [0.5, 0.6) is 0 Å². The van der Waals surface area contributed by atoms with E-state index in [1.165, 1.54) is 34.6 Å². The van der Waals surface area contributed by atoms with Gasteiger partial charge in [-0.1, -0.05) is 40.9 Å². The molecule has 4 rings (SSSR count). The van der Waals surface area contributed by atoms with Crippen LogP contribution in [0.4, 0.5) is 17.1 Å². The summed E-state index contributed by atoms with van der Waals surface area (Å²) in [4.78, 5) is 25.4. The van der Waals surface area contributed by atoms with Crippen molar-refractivity contribution < 1.29 is 18.0 Å². The molecular formula is C24H20Cl3N3O4S. The van der Waals surface area contributed by atoms with Crippen molar-refractivity contribution in [2.45, 2.75) is 12.8 Å². The molecule has 1 saturated heterocycles. The first kappa shape index (κ1) is 25.3. The highest BCUT2D eigenvalue weighted by Crippen LogP contribution is 2.30. The van der Waals surface area contributed by atoms with Crippen molar-refractivity contribution in [2.24, 2.45) is 0 Å². The molecule has 0 radical (unpaired) electrons. The molecule has 0 aliphatic carbocycles. The molecule has 7 nitrogen and oxygen atoms in total. The summed E-state index contributed by atoms with van der Waals surface area (Å²) in [6.07, 6.45) is 1.38. The summed E-state index contributed by atoms with van der Waals surface area (Å²) in [6, 6.07) is 15.6. The average Bonchev–Trinajstić information content (AvgIpc) is 2.80. The van der Waals surface area contributed by atoms with E-state index < -0.39 is 21.8 Å². The van der Waals surface area contributed by atoms with Gasteiger partial charge in [0.25, 0.3) is 11.8 Å². The van der Waals surface area contributed by atoms with E-state index in [9.17, 15) is 18.0 Å². The van der Waals surface area contributed by atoms with Gasteiger partial charge >= 0.3 is 0 Å². The Balaban J connectivity index is 1.50. The van der Waals surface area contributed by atoms with Crippen LogP contribution in [0.15, 0.2) is 60.7 Å². The second-order valence-electron chi connectivity index (χ2n) is 7.87. The van der Waals surface area contributed by atoms with Crippen molar-refractivity contribution in [3.8, 4) is 0 Å². The molecule has 182 valence electrons. The number of rotatable bonds is 5. The van der Waals surface area contributed by atoms with E-state index in [0.29, 0.717) is 40.6 Å². The Labute approximate surface area is 218 Å². The Morgan fingerprint density at radius 2 is 1.63 bits per heavy atom. The highest BCUT2D eigenvalue weighted by atomic mass is 35.5. The average molecular weight is 553 g/mol. The van der Waals surface area contributed by atoms with Crippen LogP contribution in [-0.2, 0) is 10.0 Å². The predicted molar refractivity (Wildman–Crippen MR) is 141 cm³/mol. The van der Waals surface area contributed by atoms with Crippen molar-refractivity contribution in [2.75, 3.05) is 27.2 Å². The maximum atomic E-state index is 12.9. The van der Waals surface area contributed by atoms with Crippen LogP contribution in [-0.4, -0.2) is 32.5 Å². The van der Waals surface area contributed by atoms with Crippen molar-refractivity contribution >= 4 is 73.7 Å². The Hall–Kier alpha value is -2.78. The lowest BCUT2D eigenvalue weighted by Crippen LogP contribution is -2.37. The lowest BCUT2D eigenvalue weighted by Gasteiger charge is -2.28. The highest BCUT2D eigenvalue weighted by Gasteiger charge is 2.27. The topological polar surface area (TPSA) is 95.6 Å². The predicted octanol–water partition coefficient (Wildman–Crippen LogP) is 6.08. The van der Waals surface area contributed by atoms with Crippen molar-refractivity contribution in [3.63, 3.8) is 0 Å². The number of halogens is 3. The van der Waals surface area contributed by atoms with E-state index in [1.54, 1.807) is 30.3 Å². The van der Waals surface area contributed by atoms with Gasteiger partial charge in [0.1, 0.15) is 0 Å². The number of sulfonamides is 1. The molecule has 3 aromatic carbocycles. The second kappa shape index (κ2) is 10.5. The number of amides is 2. The smallest absolute Gasteiger partial charge is 0.257 e. The lowest BCUT2D eigenvalue weighted by molar-refractivity contribution is 0.101. The van der Waals surface area contributed by atoms with Crippen molar-refractivity contribution in [3.05, 3.63) is 86.9 Å². The Morgan fingerprint density at radius 3 is 2.34 bits per heavy atom. The molecule has 0 saturated carbocycles. The number of carbonyl (C=O) groups excluding carboxylic acids is 2. The fourth-order valence-electron chi connectivity index (χ4n) is 3.64. The van der Waals surface area contributed by atoms with Gasteiger partial charge in [0, 0.05) is 22.8 Å². The summed E-state index contributed by atoms with van der Waals surface area (Å²) >= 11 is 18.5. The van der Waals surface area contributed by atoms with Crippen LogP contribution in [0.3, 0.4) is 0 Å². The summed E-state index contributed by atoms with van der Waals surface area (Å²) in [6.45, 7) is 0.374. The lowest BCUT2D eigenvalue weighted by atomic mass is 10.1. The minimum atomic E-state index is -3.40. The van der Waals surface area contributed by atoms with Crippen LogP contribution in [0, 0.1) is 0 Å². The summed E-state index contributed by atoms with van der Waals surface area (Å²) in [5, 5.41) is 6.24. The largest absolute Gasteiger partial charge is 0.322 e. The third-order valence-corrected chi connectivity index (χ3v) is 8.14.